The lowest BCUT2D eigenvalue weighted by Gasteiger charge is -2.35. The van der Waals surface area contributed by atoms with Crippen molar-refractivity contribution in [2.45, 2.75) is 51.9 Å². The molecule has 2 aliphatic rings. The van der Waals surface area contributed by atoms with Gasteiger partial charge in [0, 0.05) is 19.0 Å². The second-order valence-electron chi connectivity index (χ2n) is 6.08. The van der Waals surface area contributed by atoms with Gasteiger partial charge in [0.2, 0.25) is 5.91 Å². The largest absolute Gasteiger partial charge is 0.481 e. The Bertz CT molecular complexity index is 334. The van der Waals surface area contributed by atoms with Crippen LogP contribution in [0.5, 0.6) is 0 Å². The quantitative estimate of drug-likeness (QED) is 0.855. The van der Waals surface area contributed by atoms with Gasteiger partial charge in [-0.05, 0) is 38.0 Å². The zero-order valence-corrected chi connectivity index (χ0v) is 11.8. The van der Waals surface area contributed by atoms with Crippen molar-refractivity contribution in [3.8, 4) is 0 Å². The van der Waals surface area contributed by atoms with Crippen molar-refractivity contribution in [1.82, 2.24) is 4.90 Å². The minimum absolute atomic E-state index is 0.0481. The van der Waals surface area contributed by atoms with E-state index in [0.29, 0.717) is 6.42 Å². The van der Waals surface area contributed by atoms with Gasteiger partial charge < -0.3 is 10.0 Å². The molecule has 1 saturated heterocycles. The van der Waals surface area contributed by atoms with Crippen LogP contribution >= 0.6 is 0 Å². The van der Waals surface area contributed by atoms with Gasteiger partial charge in [0.05, 0.1) is 5.92 Å². The topological polar surface area (TPSA) is 57.6 Å². The Morgan fingerprint density at radius 1 is 1.11 bits per heavy atom. The fraction of sp³-hybridized carbons (Fsp3) is 0.867. The molecule has 1 amide bonds. The maximum atomic E-state index is 12.4. The standard InChI is InChI=1S/C15H25NO3/c1-2-11-6-8-16(9-7-11)14(17)12-4-3-5-13(10-12)15(18)19/h11-13H,2-10H2,1H3,(H,18,19). The van der Waals surface area contributed by atoms with E-state index in [1.54, 1.807) is 0 Å². The molecule has 1 N–H and O–H groups in total. The Labute approximate surface area is 115 Å². The second-order valence-corrected chi connectivity index (χ2v) is 6.08. The Kier molecular flexibility index (Phi) is 4.83. The van der Waals surface area contributed by atoms with Crippen LogP contribution in [0.4, 0.5) is 0 Å². The number of amides is 1. The molecular formula is C15H25NO3. The first-order chi connectivity index (χ1) is 9.11. The lowest BCUT2D eigenvalue weighted by Crippen LogP contribution is -2.43. The van der Waals surface area contributed by atoms with Crippen molar-refractivity contribution < 1.29 is 14.7 Å². The van der Waals surface area contributed by atoms with Crippen LogP contribution < -0.4 is 0 Å². The van der Waals surface area contributed by atoms with Crippen LogP contribution in [0.2, 0.25) is 0 Å². The highest BCUT2D eigenvalue weighted by Gasteiger charge is 2.34. The maximum Gasteiger partial charge on any atom is 0.306 e. The Balaban J connectivity index is 1.87. The summed E-state index contributed by atoms with van der Waals surface area (Å²) in [5.74, 6) is -0.117. The first-order valence-electron chi connectivity index (χ1n) is 7.63. The Morgan fingerprint density at radius 2 is 1.74 bits per heavy atom. The number of nitrogens with zero attached hydrogens (tertiary/aromatic N) is 1. The van der Waals surface area contributed by atoms with Crippen LogP contribution in [0, 0.1) is 17.8 Å². The van der Waals surface area contributed by atoms with Crippen LogP contribution in [-0.4, -0.2) is 35.0 Å². The van der Waals surface area contributed by atoms with Gasteiger partial charge in [0.25, 0.3) is 0 Å². The molecule has 2 rings (SSSR count). The van der Waals surface area contributed by atoms with Gasteiger partial charge in [-0.2, -0.15) is 0 Å². The molecule has 0 aromatic heterocycles. The summed E-state index contributed by atoms with van der Waals surface area (Å²) in [7, 11) is 0. The van der Waals surface area contributed by atoms with Crippen molar-refractivity contribution in [3.05, 3.63) is 0 Å². The van der Waals surface area contributed by atoms with Gasteiger partial charge >= 0.3 is 5.97 Å². The molecule has 1 aliphatic carbocycles. The normalized spacial score (nSPS) is 29.2. The average molecular weight is 267 g/mol. The number of rotatable bonds is 3. The van der Waals surface area contributed by atoms with Crippen molar-refractivity contribution in [1.29, 1.82) is 0 Å². The number of carboxylic acid groups (broad SMARTS) is 1. The highest BCUT2D eigenvalue weighted by atomic mass is 16.4. The van der Waals surface area contributed by atoms with Crippen LogP contribution in [0.25, 0.3) is 0 Å². The van der Waals surface area contributed by atoms with E-state index in [-0.39, 0.29) is 17.7 Å². The summed E-state index contributed by atoms with van der Waals surface area (Å²) in [5, 5.41) is 9.09. The van der Waals surface area contributed by atoms with Gasteiger partial charge in [0.15, 0.2) is 0 Å². The molecular weight excluding hydrogens is 242 g/mol. The van der Waals surface area contributed by atoms with Crippen LogP contribution in [0.3, 0.4) is 0 Å². The lowest BCUT2D eigenvalue weighted by atomic mass is 9.80. The molecule has 1 saturated carbocycles. The van der Waals surface area contributed by atoms with E-state index >= 15 is 0 Å². The van der Waals surface area contributed by atoms with Crippen molar-refractivity contribution >= 4 is 11.9 Å². The van der Waals surface area contributed by atoms with Gasteiger partial charge in [-0.25, -0.2) is 0 Å². The molecule has 0 aromatic rings. The molecule has 0 spiro atoms. The third kappa shape index (κ3) is 3.48. The molecule has 0 aromatic carbocycles. The predicted molar refractivity (Wildman–Crippen MR) is 72.7 cm³/mol. The highest BCUT2D eigenvalue weighted by Crippen LogP contribution is 2.31. The molecule has 1 aliphatic heterocycles. The molecule has 0 bridgehead atoms. The third-order valence-electron chi connectivity index (χ3n) is 4.88. The molecule has 2 fully saturated rings. The van der Waals surface area contributed by atoms with E-state index in [9.17, 15) is 9.59 Å². The van der Waals surface area contributed by atoms with Gasteiger partial charge in [0.1, 0.15) is 0 Å². The third-order valence-corrected chi connectivity index (χ3v) is 4.88. The summed E-state index contributed by atoms with van der Waals surface area (Å²) in [6.07, 6.45) is 6.44. The van der Waals surface area contributed by atoms with Crippen LogP contribution in [0.1, 0.15) is 51.9 Å². The monoisotopic (exact) mass is 267 g/mol. The highest BCUT2D eigenvalue weighted by molar-refractivity contribution is 5.80. The predicted octanol–water partition coefficient (Wildman–Crippen LogP) is 2.53. The lowest BCUT2D eigenvalue weighted by molar-refractivity contribution is -0.145. The number of likely N-dealkylation sites (tertiary alicyclic amines) is 1. The Morgan fingerprint density at radius 3 is 2.32 bits per heavy atom. The SMILES string of the molecule is CCC1CCN(C(=O)C2CCCC(C(=O)O)C2)CC1. The van der Waals surface area contributed by atoms with Gasteiger partial charge in [-0.1, -0.05) is 19.8 Å². The van der Waals surface area contributed by atoms with E-state index in [1.165, 1.54) is 6.42 Å². The summed E-state index contributed by atoms with van der Waals surface area (Å²) in [6, 6.07) is 0. The number of carboxylic acids is 1. The molecule has 0 radical (unpaired) electrons. The van der Waals surface area contributed by atoms with Gasteiger partial charge in [-0.3, -0.25) is 9.59 Å². The summed E-state index contributed by atoms with van der Waals surface area (Å²) in [5.41, 5.74) is 0. The van der Waals surface area contributed by atoms with E-state index in [4.69, 9.17) is 5.11 Å². The molecule has 2 unspecified atom stereocenters. The van der Waals surface area contributed by atoms with E-state index in [2.05, 4.69) is 6.92 Å². The first kappa shape index (κ1) is 14.4. The number of piperidine rings is 1. The summed E-state index contributed by atoms with van der Waals surface area (Å²) < 4.78 is 0. The van der Waals surface area contributed by atoms with E-state index in [1.807, 2.05) is 4.90 Å². The minimum atomic E-state index is -0.734. The average Bonchev–Trinajstić information content (AvgIpc) is 2.46. The molecule has 4 nitrogen and oxygen atoms in total. The van der Waals surface area contributed by atoms with E-state index in [0.717, 1.165) is 51.1 Å². The molecule has 2 atom stereocenters. The van der Waals surface area contributed by atoms with Gasteiger partial charge in [-0.15, -0.1) is 0 Å². The van der Waals surface area contributed by atoms with E-state index < -0.39 is 5.97 Å². The number of aliphatic carboxylic acids is 1. The first-order valence-corrected chi connectivity index (χ1v) is 7.63. The maximum absolute atomic E-state index is 12.4. The summed E-state index contributed by atoms with van der Waals surface area (Å²) in [6.45, 7) is 3.94. The fourth-order valence-electron chi connectivity index (χ4n) is 3.46. The summed E-state index contributed by atoms with van der Waals surface area (Å²) in [4.78, 5) is 25.5. The van der Waals surface area contributed by atoms with Crippen molar-refractivity contribution in [2.24, 2.45) is 17.8 Å². The molecule has 1 heterocycles. The molecule has 19 heavy (non-hydrogen) atoms. The second kappa shape index (κ2) is 6.40. The van der Waals surface area contributed by atoms with Crippen molar-refractivity contribution in [2.75, 3.05) is 13.1 Å². The van der Waals surface area contributed by atoms with Crippen LogP contribution in [0.15, 0.2) is 0 Å². The Hall–Kier alpha value is -1.06. The number of carbonyl (C=O) groups excluding carboxylic acids is 1. The van der Waals surface area contributed by atoms with Crippen molar-refractivity contribution in [3.63, 3.8) is 0 Å². The number of hydrogen-bond donors (Lipinski definition) is 1. The number of hydrogen-bond acceptors (Lipinski definition) is 2. The molecule has 4 heteroatoms. The summed E-state index contributed by atoms with van der Waals surface area (Å²) >= 11 is 0. The zero-order valence-electron chi connectivity index (χ0n) is 11.8. The molecule has 108 valence electrons. The number of carbonyl (C=O) groups is 2. The smallest absolute Gasteiger partial charge is 0.306 e. The fourth-order valence-corrected chi connectivity index (χ4v) is 3.46. The van der Waals surface area contributed by atoms with Crippen LogP contribution in [-0.2, 0) is 9.59 Å². The zero-order chi connectivity index (χ0) is 13.8. The minimum Gasteiger partial charge on any atom is -0.481 e.